The minimum Gasteiger partial charge on any atom is -0.290 e. The van der Waals surface area contributed by atoms with E-state index in [1.165, 1.54) is 0 Å². The van der Waals surface area contributed by atoms with E-state index in [0.29, 0.717) is 16.6 Å². The summed E-state index contributed by atoms with van der Waals surface area (Å²) in [6.45, 7) is 1.82. The van der Waals surface area contributed by atoms with E-state index in [1.54, 1.807) is 24.4 Å². The van der Waals surface area contributed by atoms with Gasteiger partial charge < -0.3 is 0 Å². The number of hydrogen-bond donors (Lipinski definition) is 2. The van der Waals surface area contributed by atoms with Gasteiger partial charge in [-0.2, -0.15) is 0 Å². The predicted molar refractivity (Wildman–Crippen MR) is 55.9 cm³/mol. The van der Waals surface area contributed by atoms with Crippen molar-refractivity contribution < 1.29 is 4.79 Å². The Morgan fingerprint density at radius 3 is 3.00 bits per heavy atom. The normalized spacial score (nSPS) is 10.3. The molecule has 0 fully saturated rings. The van der Waals surface area contributed by atoms with Gasteiger partial charge in [0.25, 0.3) is 5.91 Å². The maximum absolute atomic E-state index is 11.4. The third-order valence-electron chi connectivity index (χ3n) is 2.07. The molecule has 15 heavy (non-hydrogen) atoms. The number of hydrazine groups is 1. The average molecular weight is 202 g/mol. The predicted octanol–water partition coefficient (Wildman–Crippen LogP) is 0.542. The first-order valence-corrected chi connectivity index (χ1v) is 4.45. The van der Waals surface area contributed by atoms with Crippen molar-refractivity contribution in [3.8, 4) is 0 Å². The molecule has 76 valence electrons. The molecule has 0 aliphatic carbocycles. The molecule has 2 aromatic rings. The molecule has 0 bridgehead atoms. The van der Waals surface area contributed by atoms with Crippen LogP contribution in [0.2, 0.25) is 0 Å². The third-order valence-corrected chi connectivity index (χ3v) is 2.07. The molecule has 1 amide bonds. The summed E-state index contributed by atoms with van der Waals surface area (Å²) in [6, 6.07) is 5.21. The van der Waals surface area contributed by atoms with Gasteiger partial charge in [0.05, 0.1) is 16.8 Å². The van der Waals surface area contributed by atoms with E-state index in [1.807, 2.05) is 6.92 Å². The number of nitrogens with zero attached hydrogens (tertiary/aromatic N) is 2. The minimum absolute atomic E-state index is 0.361. The molecular formula is C10H10N4O. The number of para-hydroxylation sites is 1. The monoisotopic (exact) mass is 202 g/mol. The molecule has 3 N–H and O–H groups in total. The van der Waals surface area contributed by atoms with E-state index < -0.39 is 0 Å². The van der Waals surface area contributed by atoms with Crippen molar-refractivity contribution in [3.63, 3.8) is 0 Å². The first kappa shape index (κ1) is 9.54. The lowest BCUT2D eigenvalue weighted by Gasteiger charge is -2.03. The van der Waals surface area contributed by atoms with Crippen LogP contribution >= 0.6 is 0 Å². The van der Waals surface area contributed by atoms with Crippen LogP contribution < -0.4 is 11.3 Å². The molecule has 0 saturated carbocycles. The summed E-state index contributed by atoms with van der Waals surface area (Å²) in [5.74, 6) is 4.72. The van der Waals surface area contributed by atoms with Crippen LogP contribution in [0.5, 0.6) is 0 Å². The maximum atomic E-state index is 11.4. The Labute approximate surface area is 86.3 Å². The fourth-order valence-electron chi connectivity index (χ4n) is 1.38. The fraction of sp³-hybridized carbons (Fsp3) is 0.100. The second-order valence-corrected chi connectivity index (χ2v) is 3.16. The Balaban J connectivity index is 2.74. The molecule has 1 aromatic carbocycles. The number of aromatic nitrogens is 2. The number of hydrogen-bond acceptors (Lipinski definition) is 4. The molecule has 5 nitrogen and oxygen atoms in total. The second kappa shape index (κ2) is 3.62. The standard InChI is InChI=1S/C10H10N4O/c1-6-5-12-8-4-2-3-7(9(8)13-6)10(15)14-11/h2-5H,11H2,1H3,(H,14,15). The summed E-state index contributed by atoms with van der Waals surface area (Å²) in [5, 5.41) is 0. The van der Waals surface area contributed by atoms with Crippen molar-refractivity contribution in [2.45, 2.75) is 6.92 Å². The van der Waals surface area contributed by atoms with E-state index in [-0.39, 0.29) is 5.91 Å². The van der Waals surface area contributed by atoms with E-state index in [9.17, 15) is 4.79 Å². The number of nitrogen functional groups attached to an aromatic ring is 1. The Morgan fingerprint density at radius 1 is 1.47 bits per heavy atom. The highest BCUT2D eigenvalue weighted by Crippen LogP contribution is 2.14. The summed E-state index contributed by atoms with van der Waals surface area (Å²) >= 11 is 0. The van der Waals surface area contributed by atoms with Gasteiger partial charge in [-0.15, -0.1) is 0 Å². The van der Waals surface area contributed by atoms with E-state index in [0.717, 1.165) is 5.69 Å². The number of amides is 1. The number of aryl methyl sites for hydroxylation is 1. The highest BCUT2D eigenvalue weighted by atomic mass is 16.2. The van der Waals surface area contributed by atoms with E-state index in [2.05, 4.69) is 15.4 Å². The van der Waals surface area contributed by atoms with Crippen LogP contribution in [-0.2, 0) is 0 Å². The number of rotatable bonds is 1. The van der Waals surface area contributed by atoms with Gasteiger partial charge in [-0.3, -0.25) is 15.2 Å². The van der Waals surface area contributed by atoms with Gasteiger partial charge >= 0.3 is 0 Å². The molecule has 1 heterocycles. The molecule has 0 saturated heterocycles. The van der Waals surface area contributed by atoms with Crippen LogP contribution in [0.1, 0.15) is 16.1 Å². The largest absolute Gasteiger partial charge is 0.290 e. The summed E-state index contributed by atoms with van der Waals surface area (Å²) in [4.78, 5) is 19.9. The molecule has 0 radical (unpaired) electrons. The third kappa shape index (κ3) is 1.64. The van der Waals surface area contributed by atoms with Crippen molar-refractivity contribution in [1.29, 1.82) is 0 Å². The number of fused-ring (bicyclic) bond motifs is 1. The summed E-state index contributed by atoms with van der Waals surface area (Å²) in [5.41, 5.74) is 4.54. The first-order chi connectivity index (χ1) is 7.22. The fourth-order valence-corrected chi connectivity index (χ4v) is 1.38. The Kier molecular flexibility index (Phi) is 2.31. The zero-order valence-corrected chi connectivity index (χ0v) is 8.19. The van der Waals surface area contributed by atoms with Crippen LogP contribution in [0.3, 0.4) is 0 Å². The second-order valence-electron chi connectivity index (χ2n) is 3.16. The van der Waals surface area contributed by atoms with Gasteiger partial charge in [0.1, 0.15) is 5.52 Å². The maximum Gasteiger partial charge on any atom is 0.267 e. The molecule has 2 rings (SSSR count). The SMILES string of the molecule is Cc1cnc2cccc(C(=O)NN)c2n1. The van der Waals surface area contributed by atoms with Crippen LogP contribution in [0.25, 0.3) is 11.0 Å². The van der Waals surface area contributed by atoms with Crippen LogP contribution in [-0.4, -0.2) is 15.9 Å². The van der Waals surface area contributed by atoms with Crippen molar-refractivity contribution in [2.24, 2.45) is 5.84 Å². The van der Waals surface area contributed by atoms with Gasteiger partial charge in [-0.1, -0.05) is 6.07 Å². The van der Waals surface area contributed by atoms with Gasteiger partial charge in [-0.25, -0.2) is 10.8 Å². The number of benzene rings is 1. The lowest BCUT2D eigenvalue weighted by atomic mass is 10.1. The zero-order chi connectivity index (χ0) is 10.8. The molecule has 1 aromatic heterocycles. The summed E-state index contributed by atoms with van der Waals surface area (Å²) in [7, 11) is 0. The van der Waals surface area contributed by atoms with E-state index >= 15 is 0 Å². The van der Waals surface area contributed by atoms with Gasteiger partial charge in [0, 0.05) is 6.20 Å². The van der Waals surface area contributed by atoms with Crippen molar-refractivity contribution in [3.05, 3.63) is 35.7 Å². The molecule has 0 atom stereocenters. The van der Waals surface area contributed by atoms with Gasteiger partial charge in [0.2, 0.25) is 0 Å². The molecule has 0 unspecified atom stereocenters. The summed E-state index contributed by atoms with van der Waals surface area (Å²) in [6.07, 6.45) is 1.66. The first-order valence-electron chi connectivity index (χ1n) is 4.45. The Hall–Kier alpha value is -2.01. The van der Waals surface area contributed by atoms with Gasteiger partial charge in [-0.05, 0) is 19.1 Å². The van der Waals surface area contributed by atoms with Crippen molar-refractivity contribution >= 4 is 16.9 Å². The Morgan fingerprint density at radius 2 is 2.27 bits per heavy atom. The van der Waals surface area contributed by atoms with Crippen LogP contribution in [0.4, 0.5) is 0 Å². The van der Waals surface area contributed by atoms with Crippen molar-refractivity contribution in [1.82, 2.24) is 15.4 Å². The molecule has 0 aliphatic heterocycles. The number of carbonyl (C=O) groups excluding carboxylic acids is 1. The zero-order valence-electron chi connectivity index (χ0n) is 8.19. The molecule has 5 heteroatoms. The van der Waals surface area contributed by atoms with Crippen LogP contribution in [0, 0.1) is 6.92 Å². The van der Waals surface area contributed by atoms with Crippen molar-refractivity contribution in [2.75, 3.05) is 0 Å². The lowest BCUT2D eigenvalue weighted by molar-refractivity contribution is 0.0955. The molecule has 0 aliphatic rings. The quantitative estimate of drug-likeness (QED) is 0.402. The lowest BCUT2D eigenvalue weighted by Crippen LogP contribution is -2.30. The van der Waals surface area contributed by atoms with Crippen LogP contribution in [0.15, 0.2) is 24.4 Å². The molecular weight excluding hydrogens is 192 g/mol. The number of nitrogens with two attached hydrogens (primary N) is 1. The highest BCUT2D eigenvalue weighted by Gasteiger charge is 2.09. The van der Waals surface area contributed by atoms with E-state index in [4.69, 9.17) is 5.84 Å². The van der Waals surface area contributed by atoms with Gasteiger partial charge in [0.15, 0.2) is 0 Å². The highest BCUT2D eigenvalue weighted by molar-refractivity contribution is 6.04. The number of carbonyl (C=O) groups is 1. The Bertz CT molecular complexity index is 524. The topological polar surface area (TPSA) is 80.9 Å². The summed E-state index contributed by atoms with van der Waals surface area (Å²) < 4.78 is 0. The minimum atomic E-state index is -0.361. The smallest absolute Gasteiger partial charge is 0.267 e. The molecule has 0 spiro atoms. The number of nitrogens with one attached hydrogen (secondary N) is 1. The average Bonchev–Trinajstić information content (AvgIpc) is 2.27.